The van der Waals surface area contributed by atoms with Crippen LogP contribution in [0.1, 0.15) is 124 Å². The fourth-order valence-corrected chi connectivity index (χ4v) is 12.0. The standard InChI is InChI=1S/C61H84N6O13/c1-12-38(4)54(64(9)58(72)48(37(2)3)34-51(69)55-42-22-25-46(32-42)66(55)60(74)80-61(6,7)8)52(77-10)35-53(70)65-30-16-19-49(65)56(78-11)39(5)50(68)33-43(31-40-17-14-13-15-18-40)57(71)63-44-23-20-41(21-24-44)36-62-59(73)79-47-28-26-45(27-29-47)67(75)76/h13-15,17-18,20-21,23-24,26-29,37-39,42-43,46,48-49,52,54-56H,12,16,19,22,25,30-36H2,1-11H3,(H,62,73)(H,63,71)/t38-,39-,42-,43+,46+,48-,49-,52+,54-,55-,56+/m0/s1. The van der Waals surface area contributed by atoms with Crippen molar-refractivity contribution in [3.8, 4) is 5.75 Å². The average molecular weight is 1110 g/mol. The molecule has 1 aliphatic carbocycles. The molecule has 19 nitrogen and oxygen atoms in total. The number of Topliss-reactive ketones (excluding diaryl/α,β-unsaturated/α-hetero) is 2. The molecular formula is C61H84N6O13. The highest BCUT2D eigenvalue weighted by atomic mass is 16.6. The van der Waals surface area contributed by atoms with E-state index in [1.54, 1.807) is 80.8 Å². The van der Waals surface area contributed by atoms with E-state index < -0.39 is 70.8 Å². The number of ether oxygens (including phenoxy) is 4. The molecule has 0 aromatic heterocycles. The first-order valence-corrected chi connectivity index (χ1v) is 28.3. The van der Waals surface area contributed by atoms with Gasteiger partial charge in [0.25, 0.3) is 5.69 Å². The lowest BCUT2D eigenvalue weighted by Gasteiger charge is -2.41. The van der Waals surface area contributed by atoms with E-state index in [0.29, 0.717) is 37.1 Å². The number of anilines is 1. The molecule has 19 heteroatoms. The largest absolute Gasteiger partial charge is 0.444 e. The number of fused-ring (bicyclic) bond motifs is 2. The minimum absolute atomic E-state index is 0.0191. The number of ketones is 2. The van der Waals surface area contributed by atoms with Gasteiger partial charge in [0.2, 0.25) is 17.7 Å². The van der Waals surface area contributed by atoms with Gasteiger partial charge in [0, 0.05) is 88.8 Å². The van der Waals surface area contributed by atoms with Gasteiger partial charge in [0.15, 0.2) is 5.78 Å². The van der Waals surface area contributed by atoms with Crippen molar-refractivity contribution in [1.29, 1.82) is 0 Å². The third kappa shape index (κ3) is 16.0. The molecule has 2 bridgehead atoms. The van der Waals surface area contributed by atoms with E-state index in [4.69, 9.17) is 18.9 Å². The van der Waals surface area contributed by atoms with Crippen LogP contribution in [-0.2, 0) is 51.1 Å². The molecule has 2 heterocycles. The van der Waals surface area contributed by atoms with Crippen LogP contribution in [0.5, 0.6) is 5.75 Å². The summed E-state index contributed by atoms with van der Waals surface area (Å²) < 4.78 is 23.2. The summed E-state index contributed by atoms with van der Waals surface area (Å²) in [5.74, 6) is -3.42. The first kappa shape index (κ1) is 62.5. The van der Waals surface area contributed by atoms with Crippen LogP contribution in [0.15, 0.2) is 78.9 Å². The number of carbonyl (C=O) groups excluding carboxylic acids is 7. The second-order valence-corrected chi connectivity index (χ2v) is 23.4. The predicted octanol–water partition coefficient (Wildman–Crippen LogP) is 9.58. The Kier molecular flexibility index (Phi) is 22.0. The Balaban J connectivity index is 1.09. The molecule has 436 valence electrons. The predicted molar refractivity (Wildman–Crippen MR) is 301 cm³/mol. The molecule has 3 fully saturated rings. The fraction of sp³-hybridized carbons (Fsp3) is 0.590. The molecule has 0 radical (unpaired) electrons. The smallest absolute Gasteiger partial charge is 0.412 e. The Labute approximate surface area is 471 Å². The van der Waals surface area contributed by atoms with Gasteiger partial charge in [0.05, 0.1) is 41.7 Å². The van der Waals surface area contributed by atoms with Gasteiger partial charge in [0.1, 0.15) is 17.1 Å². The Morgan fingerprint density at radius 3 is 2.11 bits per heavy atom. The molecule has 0 unspecified atom stereocenters. The normalized spacial score (nSPS) is 20.4. The summed E-state index contributed by atoms with van der Waals surface area (Å²) in [5.41, 5.74) is 1.20. The number of nitrogens with zero attached hydrogens (tertiary/aromatic N) is 4. The maximum Gasteiger partial charge on any atom is 0.412 e. The van der Waals surface area contributed by atoms with Gasteiger partial charge < -0.3 is 39.4 Å². The minimum atomic E-state index is -0.764. The van der Waals surface area contributed by atoms with Gasteiger partial charge in [-0.05, 0) is 112 Å². The number of nitro benzene ring substituents is 1. The minimum Gasteiger partial charge on any atom is -0.444 e. The maximum absolute atomic E-state index is 14.8. The zero-order valence-corrected chi connectivity index (χ0v) is 48.5. The third-order valence-corrected chi connectivity index (χ3v) is 16.5. The zero-order valence-electron chi connectivity index (χ0n) is 48.5. The van der Waals surface area contributed by atoms with Crippen LogP contribution >= 0.6 is 0 Å². The number of piperidine rings is 1. The van der Waals surface area contributed by atoms with Crippen LogP contribution in [0.4, 0.5) is 21.0 Å². The second-order valence-electron chi connectivity index (χ2n) is 23.4. The van der Waals surface area contributed by atoms with Gasteiger partial charge in [-0.2, -0.15) is 0 Å². The number of benzene rings is 3. The average Bonchev–Trinajstić information content (AvgIpc) is 4.25. The van der Waals surface area contributed by atoms with Crippen molar-refractivity contribution >= 4 is 52.8 Å². The van der Waals surface area contributed by atoms with Gasteiger partial charge in [-0.25, -0.2) is 9.59 Å². The Morgan fingerprint density at radius 1 is 0.838 bits per heavy atom. The number of amides is 5. The molecule has 3 aliphatic rings. The number of nitrogens with one attached hydrogen (secondary N) is 2. The summed E-state index contributed by atoms with van der Waals surface area (Å²) in [6, 6.07) is 19.7. The van der Waals surface area contributed by atoms with E-state index in [2.05, 4.69) is 10.6 Å². The fourth-order valence-electron chi connectivity index (χ4n) is 12.0. The van der Waals surface area contributed by atoms with Crippen LogP contribution in [0.3, 0.4) is 0 Å². The van der Waals surface area contributed by atoms with Crippen molar-refractivity contribution in [3.63, 3.8) is 0 Å². The molecule has 0 spiro atoms. The third-order valence-electron chi connectivity index (χ3n) is 16.5. The molecular weight excluding hydrogens is 1020 g/mol. The lowest BCUT2D eigenvalue weighted by molar-refractivity contribution is -0.384. The first-order valence-electron chi connectivity index (χ1n) is 28.3. The Bertz CT molecular complexity index is 2630. The van der Waals surface area contributed by atoms with Crippen LogP contribution in [0.25, 0.3) is 0 Å². The summed E-state index contributed by atoms with van der Waals surface area (Å²) in [5, 5.41) is 16.5. The lowest BCUT2D eigenvalue weighted by atomic mass is 9.83. The number of likely N-dealkylation sites (tertiary alicyclic amines) is 2. The molecule has 80 heavy (non-hydrogen) atoms. The zero-order chi connectivity index (χ0) is 58.6. The SMILES string of the molecule is CC[C@H](C)[C@@H]([C@@H](CC(=O)N1CCC[C@H]1[C@H](OC)[C@@H](C)C(=O)C[C@@H](Cc1ccccc1)C(=O)Nc1ccc(CNC(=O)Oc2ccc([N+](=O)[O-])cc2)cc1)OC)N(C)C(=O)[C@@H](CC(=O)[C@@H]1[C@H]2CC[C@H](C2)N1C(=O)OC(C)(C)C)C(C)C. The summed E-state index contributed by atoms with van der Waals surface area (Å²) in [6.45, 7) is 15.6. The molecule has 1 saturated carbocycles. The summed E-state index contributed by atoms with van der Waals surface area (Å²) in [7, 11) is 4.80. The van der Waals surface area contributed by atoms with E-state index >= 15 is 0 Å². The van der Waals surface area contributed by atoms with Gasteiger partial charge in [-0.15, -0.1) is 0 Å². The summed E-state index contributed by atoms with van der Waals surface area (Å²) in [6.07, 6.45) is 1.79. The van der Waals surface area contributed by atoms with E-state index in [-0.39, 0.29) is 96.7 Å². The number of methoxy groups -OCH3 is 2. The number of non-ortho nitro benzene ring substituents is 1. The van der Waals surface area contributed by atoms with E-state index in [9.17, 15) is 43.7 Å². The molecule has 2 saturated heterocycles. The van der Waals surface area contributed by atoms with Crippen molar-refractivity contribution in [3.05, 3.63) is 100 Å². The highest BCUT2D eigenvalue weighted by Crippen LogP contribution is 2.44. The molecule has 3 aromatic carbocycles. The van der Waals surface area contributed by atoms with Crippen molar-refractivity contribution in [2.24, 2.45) is 35.5 Å². The highest BCUT2D eigenvalue weighted by molar-refractivity contribution is 5.96. The highest BCUT2D eigenvalue weighted by Gasteiger charge is 2.53. The van der Waals surface area contributed by atoms with Crippen LogP contribution < -0.4 is 15.4 Å². The number of carbonyl (C=O) groups is 7. The molecule has 3 aromatic rings. The topological polar surface area (TPSA) is 233 Å². The van der Waals surface area contributed by atoms with Crippen LogP contribution in [0, 0.1) is 45.6 Å². The van der Waals surface area contributed by atoms with Gasteiger partial charge in [-0.1, -0.05) is 83.5 Å². The number of likely N-dealkylation sites (N-methyl/N-ethyl adjacent to an activating group) is 1. The van der Waals surface area contributed by atoms with Crippen molar-refractivity contribution in [1.82, 2.24) is 20.0 Å². The van der Waals surface area contributed by atoms with Gasteiger partial charge in [-0.3, -0.25) is 39.0 Å². The number of hydrogen-bond acceptors (Lipinski definition) is 13. The number of nitro groups is 1. The first-order chi connectivity index (χ1) is 37.9. The van der Waals surface area contributed by atoms with E-state index in [0.717, 1.165) is 24.8 Å². The number of rotatable bonds is 26. The lowest BCUT2D eigenvalue weighted by Crippen LogP contribution is -2.54. The second kappa shape index (κ2) is 28.1. The monoisotopic (exact) mass is 1110 g/mol. The van der Waals surface area contributed by atoms with Crippen LogP contribution in [-0.4, -0.2) is 131 Å². The van der Waals surface area contributed by atoms with Crippen LogP contribution in [0.2, 0.25) is 0 Å². The molecule has 5 amide bonds. The quantitative estimate of drug-likeness (QED) is 0.0564. The summed E-state index contributed by atoms with van der Waals surface area (Å²) in [4.78, 5) is 114. The molecule has 2 aliphatic heterocycles. The molecule has 11 atom stereocenters. The van der Waals surface area contributed by atoms with Crippen molar-refractivity contribution in [2.45, 2.75) is 168 Å². The molecule has 2 N–H and O–H groups in total. The van der Waals surface area contributed by atoms with Crippen molar-refractivity contribution in [2.75, 3.05) is 33.1 Å². The van der Waals surface area contributed by atoms with E-state index in [1.807, 2.05) is 58.0 Å². The molecule has 6 rings (SSSR count). The van der Waals surface area contributed by atoms with Crippen molar-refractivity contribution < 1.29 is 57.4 Å². The summed E-state index contributed by atoms with van der Waals surface area (Å²) >= 11 is 0. The number of hydrogen-bond donors (Lipinski definition) is 2. The maximum atomic E-state index is 14.8. The Morgan fingerprint density at radius 2 is 1.51 bits per heavy atom. The van der Waals surface area contributed by atoms with Gasteiger partial charge >= 0.3 is 12.2 Å². The van der Waals surface area contributed by atoms with E-state index in [1.165, 1.54) is 31.4 Å². The Hall–Kier alpha value is -6.73.